The Labute approximate surface area is 196 Å². The Morgan fingerprint density at radius 2 is 1.55 bits per heavy atom. The molecule has 0 saturated heterocycles. The minimum Gasteiger partial charge on any atom is -0.872 e. The van der Waals surface area contributed by atoms with Crippen molar-refractivity contribution < 1.29 is 52.4 Å². The van der Waals surface area contributed by atoms with E-state index in [0.717, 1.165) is 37.0 Å². The summed E-state index contributed by atoms with van der Waals surface area (Å²) in [4.78, 5) is -0.462. The van der Waals surface area contributed by atoms with E-state index in [1.54, 1.807) is 6.07 Å². The van der Waals surface area contributed by atoms with E-state index in [2.05, 4.69) is 6.92 Å². The second-order valence-electron chi connectivity index (χ2n) is 7.05. The summed E-state index contributed by atoms with van der Waals surface area (Å²) >= 11 is 0. The zero-order chi connectivity index (χ0) is 20.4. The molecule has 0 heterocycles. The van der Waals surface area contributed by atoms with Crippen molar-refractivity contribution in [1.82, 2.24) is 0 Å². The van der Waals surface area contributed by atoms with E-state index in [-0.39, 0.29) is 35.3 Å². The SMILES string of the molecule is CCCCCCCCCCc1ccccc1Oc1cc([O-])cc(S(=O)(=O)O)c1.[Na+]. The van der Waals surface area contributed by atoms with Gasteiger partial charge in [0.25, 0.3) is 10.1 Å². The molecule has 5 nitrogen and oxygen atoms in total. The fraction of sp³-hybridized carbons (Fsp3) is 0.455. The molecule has 0 amide bonds. The molecule has 0 bridgehead atoms. The van der Waals surface area contributed by atoms with Crippen molar-refractivity contribution in [1.29, 1.82) is 0 Å². The van der Waals surface area contributed by atoms with E-state index in [1.165, 1.54) is 44.6 Å². The summed E-state index contributed by atoms with van der Waals surface area (Å²) in [7, 11) is -4.46. The predicted octanol–water partition coefficient (Wildman–Crippen LogP) is 2.49. The van der Waals surface area contributed by atoms with Gasteiger partial charge in [-0.05, 0) is 36.6 Å². The Balaban J connectivity index is 0.00000420. The fourth-order valence-corrected chi connectivity index (χ4v) is 3.67. The van der Waals surface area contributed by atoms with Crippen LogP contribution in [0.5, 0.6) is 17.2 Å². The van der Waals surface area contributed by atoms with E-state index in [1.807, 2.05) is 18.2 Å². The summed E-state index contributed by atoms with van der Waals surface area (Å²) < 4.78 is 37.6. The molecule has 2 aromatic rings. The van der Waals surface area contributed by atoms with Crippen molar-refractivity contribution in [3.8, 4) is 17.2 Å². The third-order valence-electron chi connectivity index (χ3n) is 4.65. The van der Waals surface area contributed by atoms with Gasteiger partial charge >= 0.3 is 29.6 Å². The molecule has 1 N–H and O–H groups in total. The van der Waals surface area contributed by atoms with Gasteiger partial charge in [0.1, 0.15) is 11.5 Å². The normalized spacial score (nSPS) is 11.1. The zero-order valence-electron chi connectivity index (χ0n) is 17.4. The van der Waals surface area contributed by atoms with Crippen LogP contribution in [0.4, 0.5) is 0 Å². The Hall–Kier alpha value is -1.05. The van der Waals surface area contributed by atoms with Crippen LogP contribution in [0.2, 0.25) is 0 Å². The third-order valence-corrected chi connectivity index (χ3v) is 5.48. The second kappa shape index (κ2) is 13.3. The van der Waals surface area contributed by atoms with Crippen molar-refractivity contribution in [2.24, 2.45) is 0 Å². The Kier molecular flexibility index (Phi) is 11.9. The maximum Gasteiger partial charge on any atom is 1.00 e. The summed E-state index contributed by atoms with van der Waals surface area (Å²) in [6.45, 7) is 2.22. The van der Waals surface area contributed by atoms with E-state index < -0.39 is 20.8 Å². The van der Waals surface area contributed by atoms with Gasteiger partial charge in [-0.15, -0.1) is 5.75 Å². The van der Waals surface area contributed by atoms with Gasteiger partial charge in [-0.2, -0.15) is 8.42 Å². The zero-order valence-corrected chi connectivity index (χ0v) is 20.2. The predicted molar refractivity (Wildman–Crippen MR) is 109 cm³/mol. The van der Waals surface area contributed by atoms with E-state index in [4.69, 9.17) is 4.74 Å². The number of hydrogen-bond donors (Lipinski definition) is 1. The molecule has 0 fully saturated rings. The van der Waals surface area contributed by atoms with Gasteiger partial charge < -0.3 is 9.84 Å². The van der Waals surface area contributed by atoms with Crippen LogP contribution in [0.3, 0.4) is 0 Å². The molecule has 0 aliphatic heterocycles. The van der Waals surface area contributed by atoms with Crippen LogP contribution in [0, 0.1) is 0 Å². The monoisotopic (exact) mass is 428 g/mol. The van der Waals surface area contributed by atoms with E-state index >= 15 is 0 Å². The molecule has 0 atom stereocenters. The topological polar surface area (TPSA) is 86.7 Å². The second-order valence-corrected chi connectivity index (χ2v) is 8.47. The molecule has 0 radical (unpaired) electrons. The van der Waals surface area contributed by atoms with Crippen LogP contribution in [-0.2, 0) is 16.5 Å². The van der Waals surface area contributed by atoms with Crippen LogP contribution in [0.1, 0.15) is 63.9 Å². The molecule has 0 spiro atoms. The fourth-order valence-electron chi connectivity index (χ4n) is 3.14. The van der Waals surface area contributed by atoms with Crippen LogP contribution in [-0.4, -0.2) is 13.0 Å². The van der Waals surface area contributed by atoms with Crippen molar-refractivity contribution in [3.05, 3.63) is 48.0 Å². The summed E-state index contributed by atoms with van der Waals surface area (Å²) in [5, 5.41) is 11.7. The third kappa shape index (κ3) is 9.53. The minimum absolute atomic E-state index is 0. The number of rotatable bonds is 12. The summed E-state index contributed by atoms with van der Waals surface area (Å²) in [6, 6.07) is 10.8. The minimum atomic E-state index is -4.46. The number of hydrogen-bond acceptors (Lipinski definition) is 4. The Morgan fingerprint density at radius 3 is 2.21 bits per heavy atom. The van der Waals surface area contributed by atoms with Crippen molar-refractivity contribution in [2.75, 3.05) is 0 Å². The molecule has 0 aromatic heterocycles. The first kappa shape index (κ1) is 26.0. The largest absolute Gasteiger partial charge is 1.00 e. The first-order chi connectivity index (χ1) is 13.4. The van der Waals surface area contributed by atoms with Crippen molar-refractivity contribution in [3.63, 3.8) is 0 Å². The van der Waals surface area contributed by atoms with Gasteiger partial charge in [-0.3, -0.25) is 4.55 Å². The number of para-hydroxylation sites is 1. The number of ether oxygens (including phenoxy) is 1. The first-order valence-corrected chi connectivity index (χ1v) is 11.4. The molecule has 0 unspecified atom stereocenters. The van der Waals surface area contributed by atoms with Gasteiger partial charge in [0.05, 0.1) is 4.90 Å². The van der Waals surface area contributed by atoms with Crippen LogP contribution >= 0.6 is 0 Å². The molecule has 154 valence electrons. The van der Waals surface area contributed by atoms with E-state index in [9.17, 15) is 18.1 Å². The number of unbranched alkanes of at least 4 members (excludes halogenated alkanes) is 7. The molecule has 0 aliphatic carbocycles. The number of aryl methyl sites for hydroxylation is 1. The van der Waals surface area contributed by atoms with Gasteiger partial charge in [0, 0.05) is 6.07 Å². The average molecular weight is 429 g/mol. The summed E-state index contributed by atoms with van der Waals surface area (Å²) in [5.41, 5.74) is 1.01. The van der Waals surface area contributed by atoms with Crippen LogP contribution in [0.25, 0.3) is 0 Å². The maximum absolute atomic E-state index is 11.7. The quantitative estimate of drug-likeness (QED) is 0.319. The first-order valence-electron chi connectivity index (χ1n) is 9.95. The Bertz CT molecular complexity index is 852. The van der Waals surface area contributed by atoms with Crippen LogP contribution in [0.15, 0.2) is 47.4 Å². The summed E-state index contributed by atoms with van der Waals surface area (Å²) in [5.74, 6) is 0.159. The van der Waals surface area contributed by atoms with Gasteiger partial charge in [-0.25, -0.2) is 0 Å². The smallest absolute Gasteiger partial charge is 0.872 e. The molecular weight excluding hydrogens is 399 g/mol. The van der Waals surface area contributed by atoms with Gasteiger partial charge in [0.2, 0.25) is 0 Å². The van der Waals surface area contributed by atoms with Crippen molar-refractivity contribution >= 4 is 10.1 Å². The molecule has 0 aliphatic rings. The molecule has 2 rings (SSSR count). The Morgan fingerprint density at radius 1 is 0.931 bits per heavy atom. The average Bonchev–Trinajstić information content (AvgIpc) is 2.64. The molecule has 7 heteroatoms. The van der Waals surface area contributed by atoms with Gasteiger partial charge in [0.15, 0.2) is 0 Å². The summed E-state index contributed by atoms with van der Waals surface area (Å²) in [6.07, 6.45) is 10.7. The molecule has 29 heavy (non-hydrogen) atoms. The van der Waals surface area contributed by atoms with E-state index in [0.29, 0.717) is 5.75 Å². The molecule has 2 aromatic carbocycles. The van der Waals surface area contributed by atoms with Crippen molar-refractivity contribution in [2.45, 2.75) is 69.6 Å². The standard InChI is InChI=1S/C22H30O5S.Na/c1-2-3-4-5-6-7-8-9-12-18-13-10-11-14-22(18)27-20-15-19(23)16-21(17-20)28(24,25)26;/h10-11,13-17,23H,2-9,12H2,1H3,(H,24,25,26);/q;+1/p-1. The maximum atomic E-state index is 11.7. The van der Waals surface area contributed by atoms with Crippen LogP contribution < -0.4 is 39.4 Å². The molecular formula is C22H29NaO5S. The van der Waals surface area contributed by atoms with Gasteiger partial charge in [-0.1, -0.05) is 70.1 Å². The molecule has 0 saturated carbocycles. The number of benzene rings is 2.